The van der Waals surface area contributed by atoms with Gasteiger partial charge in [-0.3, -0.25) is 0 Å². The maximum absolute atomic E-state index is 7.02. The molecule has 0 fully saturated rings. The fraction of sp³-hybridized carbons (Fsp3) is 0.178. The number of anilines is 3. The van der Waals surface area contributed by atoms with E-state index in [1.54, 1.807) is 0 Å². The number of para-hydroxylation sites is 2. The Kier molecular flexibility index (Phi) is 9.10. The van der Waals surface area contributed by atoms with Gasteiger partial charge < -0.3 is 13.7 Å². The predicted molar refractivity (Wildman–Crippen MR) is 318 cm³/mol. The zero-order valence-corrected chi connectivity index (χ0v) is 44.7. The van der Waals surface area contributed by atoms with Gasteiger partial charge in [0, 0.05) is 66.0 Å². The lowest BCUT2D eigenvalue weighted by Gasteiger charge is -2.32. The molecule has 0 saturated heterocycles. The van der Waals surface area contributed by atoms with Crippen LogP contribution in [0.15, 0.2) is 203 Å². The lowest BCUT2D eigenvalue weighted by atomic mass is 9.72. The van der Waals surface area contributed by atoms with Crippen molar-refractivity contribution in [3.8, 4) is 55.6 Å². The summed E-state index contributed by atoms with van der Waals surface area (Å²) < 4.78 is 13.9. The fourth-order valence-electron chi connectivity index (χ4n) is 14.1. The van der Waals surface area contributed by atoms with Crippen LogP contribution >= 0.6 is 0 Å². The molecule has 0 spiro atoms. The fourth-order valence-corrected chi connectivity index (χ4v) is 14.1. The molecular formula is C73H59NO2. The summed E-state index contributed by atoms with van der Waals surface area (Å²) in [5.74, 6) is 0. The summed E-state index contributed by atoms with van der Waals surface area (Å²) in [4.78, 5) is 2.49. The number of rotatable bonds is 5. The van der Waals surface area contributed by atoms with Gasteiger partial charge in [0.15, 0.2) is 0 Å². The molecule has 0 unspecified atom stereocenters. The van der Waals surface area contributed by atoms with Gasteiger partial charge >= 0.3 is 0 Å². The average molecular weight is 982 g/mol. The first kappa shape index (κ1) is 45.0. The molecule has 3 aliphatic rings. The summed E-state index contributed by atoms with van der Waals surface area (Å²) in [5.41, 5.74) is 28.0. The van der Waals surface area contributed by atoms with Crippen LogP contribution in [0.3, 0.4) is 0 Å². The molecule has 2 heterocycles. The lowest BCUT2D eigenvalue weighted by Crippen LogP contribution is -2.24. The molecule has 368 valence electrons. The van der Waals surface area contributed by atoms with Crippen LogP contribution in [0.2, 0.25) is 0 Å². The molecule has 0 aliphatic heterocycles. The van der Waals surface area contributed by atoms with Gasteiger partial charge in [-0.25, -0.2) is 0 Å². The first-order chi connectivity index (χ1) is 36.6. The van der Waals surface area contributed by atoms with E-state index in [2.05, 4.69) is 261 Å². The zero-order chi connectivity index (χ0) is 51.8. The van der Waals surface area contributed by atoms with Gasteiger partial charge in [0.1, 0.15) is 22.3 Å². The molecule has 0 N–H and O–H groups in total. The molecule has 0 amide bonds. The van der Waals surface area contributed by atoms with E-state index < -0.39 is 0 Å². The normalized spacial score (nSPS) is 15.2. The van der Waals surface area contributed by atoms with Crippen molar-refractivity contribution in [2.75, 3.05) is 4.90 Å². The van der Waals surface area contributed by atoms with E-state index in [0.717, 1.165) is 50.3 Å². The topological polar surface area (TPSA) is 29.5 Å². The van der Waals surface area contributed by atoms with Gasteiger partial charge in [-0.05, 0) is 143 Å². The maximum atomic E-state index is 7.02. The van der Waals surface area contributed by atoms with Crippen molar-refractivity contribution >= 4 is 60.9 Å². The first-order valence-corrected chi connectivity index (χ1v) is 27.1. The van der Waals surface area contributed by atoms with Crippen molar-refractivity contribution in [2.24, 2.45) is 0 Å². The van der Waals surface area contributed by atoms with Crippen LogP contribution in [0, 0.1) is 0 Å². The standard InChI is InChI=1S/C73H59NO2/c1-70(2,3)45-31-27-44(28-32-45)54-41-58-61(63-52-22-14-17-25-59(52)75-68(54)63)50-37-35-47(39-56(50)71(58,4)5)74(46-33-29-43(30-34-46)42-19-11-10-12-20-42)48-36-38-51-57(40-48)73(8,9)66-62(51)64-53-23-15-18-26-60(53)76-69(64)65-49-21-13-16-24-55(49)72(6,7)67(65)66/h10-41H,1-9H3. The number of nitrogens with zero attached hydrogens (tertiary/aromatic N) is 1. The van der Waals surface area contributed by atoms with Gasteiger partial charge in [-0.15, -0.1) is 0 Å². The predicted octanol–water partition coefficient (Wildman–Crippen LogP) is 20.5. The minimum Gasteiger partial charge on any atom is -0.455 e. The van der Waals surface area contributed by atoms with Crippen LogP contribution in [-0.4, -0.2) is 0 Å². The second kappa shape index (κ2) is 15.4. The molecule has 3 heteroatoms. The molecule has 10 aromatic carbocycles. The molecule has 3 aliphatic carbocycles. The zero-order valence-electron chi connectivity index (χ0n) is 44.7. The van der Waals surface area contributed by atoms with Crippen molar-refractivity contribution < 1.29 is 8.83 Å². The van der Waals surface area contributed by atoms with Gasteiger partial charge in [0.25, 0.3) is 0 Å². The largest absolute Gasteiger partial charge is 0.455 e. The van der Waals surface area contributed by atoms with Gasteiger partial charge in [0.2, 0.25) is 0 Å². The van der Waals surface area contributed by atoms with Crippen LogP contribution in [-0.2, 0) is 21.7 Å². The monoisotopic (exact) mass is 981 g/mol. The second-order valence-corrected chi connectivity index (χ2v) is 24.4. The molecule has 0 radical (unpaired) electrons. The quantitative estimate of drug-likeness (QED) is 0.172. The maximum Gasteiger partial charge on any atom is 0.144 e. The molecule has 3 nitrogen and oxygen atoms in total. The Morgan fingerprint density at radius 2 is 0.842 bits per heavy atom. The molecular weight excluding hydrogens is 923 g/mol. The highest BCUT2D eigenvalue weighted by molar-refractivity contribution is 6.21. The van der Waals surface area contributed by atoms with Crippen LogP contribution in [0.1, 0.15) is 101 Å². The third-order valence-corrected chi connectivity index (χ3v) is 18.0. The minimum atomic E-state index is -0.343. The Morgan fingerprint density at radius 1 is 0.355 bits per heavy atom. The number of fused-ring (bicyclic) bond motifs is 19. The highest BCUT2D eigenvalue weighted by Gasteiger charge is 2.49. The Labute approximate surface area is 445 Å². The summed E-state index contributed by atoms with van der Waals surface area (Å²) in [7, 11) is 0. The minimum absolute atomic E-state index is 0.0537. The van der Waals surface area contributed by atoms with E-state index in [1.165, 1.54) is 105 Å². The van der Waals surface area contributed by atoms with Gasteiger partial charge in [-0.2, -0.15) is 0 Å². The van der Waals surface area contributed by atoms with E-state index >= 15 is 0 Å². The smallest absolute Gasteiger partial charge is 0.144 e. The first-order valence-electron chi connectivity index (χ1n) is 27.1. The third-order valence-electron chi connectivity index (χ3n) is 18.0. The molecule has 2 aromatic heterocycles. The molecule has 76 heavy (non-hydrogen) atoms. The summed E-state index contributed by atoms with van der Waals surface area (Å²) in [6.45, 7) is 21.4. The van der Waals surface area contributed by atoms with Gasteiger partial charge in [-0.1, -0.05) is 202 Å². The highest BCUT2D eigenvalue weighted by Crippen LogP contribution is 2.64. The number of furan rings is 2. The molecule has 15 rings (SSSR count). The van der Waals surface area contributed by atoms with E-state index in [0.29, 0.717) is 0 Å². The van der Waals surface area contributed by atoms with E-state index in [9.17, 15) is 0 Å². The Morgan fingerprint density at radius 3 is 1.50 bits per heavy atom. The summed E-state index contributed by atoms with van der Waals surface area (Å²) in [6, 6.07) is 72.1. The lowest BCUT2D eigenvalue weighted by molar-refractivity contribution is 0.590. The average Bonchev–Trinajstić information content (AvgIpc) is 4.34. The SMILES string of the molecule is CC(C)(C)c1ccc(-c2cc3c(c4c2oc2ccccc24)-c2ccc(N(c4ccc(-c5ccccc5)cc4)c4ccc5c(c4)C(C)(C)c4c6c(c7oc8ccccc8c7c4-5)-c4ccccc4C6(C)C)cc2C3(C)C)cc1. The van der Waals surface area contributed by atoms with Crippen LogP contribution in [0.5, 0.6) is 0 Å². The number of hydrogen-bond donors (Lipinski definition) is 0. The Hall–Kier alpha value is -8.40. The molecule has 12 aromatic rings. The third kappa shape index (κ3) is 6.06. The van der Waals surface area contributed by atoms with Crippen molar-refractivity contribution in [3.63, 3.8) is 0 Å². The van der Waals surface area contributed by atoms with Crippen molar-refractivity contribution in [1.82, 2.24) is 0 Å². The van der Waals surface area contributed by atoms with Crippen LogP contribution in [0.4, 0.5) is 17.1 Å². The molecule has 0 saturated carbocycles. The van der Waals surface area contributed by atoms with E-state index in [4.69, 9.17) is 8.83 Å². The van der Waals surface area contributed by atoms with Crippen molar-refractivity contribution in [3.05, 3.63) is 233 Å². The molecule has 0 atom stereocenters. The van der Waals surface area contributed by atoms with E-state index in [1.807, 2.05) is 0 Å². The van der Waals surface area contributed by atoms with E-state index in [-0.39, 0.29) is 21.7 Å². The number of hydrogen-bond acceptors (Lipinski definition) is 3. The summed E-state index contributed by atoms with van der Waals surface area (Å²) >= 11 is 0. The Balaban J connectivity index is 0.937. The van der Waals surface area contributed by atoms with Gasteiger partial charge in [0.05, 0.1) is 0 Å². The second-order valence-electron chi connectivity index (χ2n) is 24.4. The molecule has 0 bridgehead atoms. The van der Waals surface area contributed by atoms with Crippen LogP contribution < -0.4 is 4.90 Å². The van der Waals surface area contributed by atoms with Crippen molar-refractivity contribution in [2.45, 2.75) is 84.0 Å². The van der Waals surface area contributed by atoms with Crippen molar-refractivity contribution in [1.29, 1.82) is 0 Å². The Bertz CT molecular complexity index is 4440. The summed E-state index contributed by atoms with van der Waals surface area (Å²) in [5, 5.41) is 4.72. The van der Waals surface area contributed by atoms with Crippen LogP contribution in [0.25, 0.3) is 99.5 Å². The highest BCUT2D eigenvalue weighted by atomic mass is 16.3. The number of benzene rings is 10. The summed E-state index contributed by atoms with van der Waals surface area (Å²) in [6.07, 6.45) is 0.